The Balaban J connectivity index is 0.00000157. The van der Waals surface area contributed by atoms with Crippen LogP contribution in [0.1, 0.15) is 322 Å². The van der Waals surface area contributed by atoms with E-state index in [1.54, 1.807) is 138 Å². The molecule has 786 valence electrons. The van der Waals surface area contributed by atoms with Crippen molar-refractivity contribution in [2.24, 2.45) is 69.0 Å². The van der Waals surface area contributed by atoms with Gasteiger partial charge in [-0.25, -0.2) is 0 Å². The van der Waals surface area contributed by atoms with Crippen LogP contribution in [0, 0.1) is 69.0 Å². The van der Waals surface area contributed by atoms with E-state index in [9.17, 15) is 33.6 Å². The molecule has 0 amide bonds. The highest BCUT2D eigenvalue weighted by atomic mass is 28.6. The van der Waals surface area contributed by atoms with Crippen LogP contribution in [-0.4, -0.2) is 195 Å². The van der Waals surface area contributed by atoms with E-state index in [0.29, 0.717) is 38.0 Å². The van der Waals surface area contributed by atoms with E-state index in [-0.39, 0.29) is 134 Å². The Hall–Kier alpha value is -1.92. The molecule has 2 unspecified atom stereocenters. The zero-order chi connectivity index (χ0) is 96.1. The summed E-state index contributed by atoms with van der Waals surface area (Å²) in [4.78, 5) is 79.0. The Kier molecular flexibility index (Phi) is 51.8. The number of esters is 7. The molecule has 16 bridgehead atoms. The summed E-state index contributed by atoms with van der Waals surface area (Å²) < 4.78 is 131. The van der Waals surface area contributed by atoms with Gasteiger partial charge in [-0.2, -0.15) is 0 Å². The molecular formula is C93H196O29Si11. The van der Waals surface area contributed by atoms with Gasteiger partial charge in [-0.3, -0.25) is 33.6 Å². The second-order valence-electron chi connectivity index (χ2n) is 44.2. The van der Waals surface area contributed by atoms with Crippen molar-refractivity contribution in [2.45, 2.75) is 456 Å². The Morgan fingerprint density at radius 2 is 0.744 bits per heavy atom. The molecule has 29 nitrogen and oxygen atoms in total. The second kappa shape index (κ2) is 52.5. The zero-order valence-corrected chi connectivity index (χ0v) is 95.8. The lowest BCUT2D eigenvalue weighted by Crippen LogP contribution is -2.86. The normalized spacial score (nSPS) is 33.7. The molecule has 2 atom stereocenters. The van der Waals surface area contributed by atoms with Crippen molar-refractivity contribution in [3.8, 4) is 0 Å². The van der Waals surface area contributed by atoms with Crippen molar-refractivity contribution in [1.29, 1.82) is 0 Å². The van der Waals surface area contributed by atoms with Gasteiger partial charge in [0.1, 0.15) is 23.9 Å². The molecule has 0 aromatic rings. The van der Waals surface area contributed by atoms with Gasteiger partial charge in [-0.1, -0.05) is 131 Å². The first-order valence-corrected chi connectivity index (χ1v) is 75.3. The topological polar surface area (TPSA) is 323 Å². The van der Waals surface area contributed by atoms with E-state index < -0.39 is 118 Å². The maximum Gasteiger partial charge on any atom is 0.478 e. The molecule has 0 spiro atoms. The summed E-state index contributed by atoms with van der Waals surface area (Å²) in [6.45, 7) is 60.6. The molecule has 8 heterocycles. The summed E-state index contributed by atoms with van der Waals surface area (Å²) in [5, 5.41) is 0. The first-order valence-electron chi connectivity index (χ1n) is 47.5. The average molecular weight is 2090 g/mol. The molecule has 0 radical (unpaired) electrons. The molecule has 9 aliphatic carbocycles. The minimum Gasteiger partial charge on any atom is -0.465 e. The standard InChI is InChI=1S/C16H38O14Si8.C15H24O2.C14H26O2.C10H16O4.2C7H12.C6H8O4.3C4H12OSi.6CH4/c1-11-16(2,3)15(17)18-13-12-14-38-28-35(8)22-32(5)19-31(4)20-33(6,24-35)26-37(10,30-38)27-34(7,21-31)25-36(9,23-32)29-38;1-10(16)17-14(2,3)15-7-11-4-12(8-15)6-13(5-11)9-15;1-6-13(4,5)12(15)16-14(11(2)3)9-7-8-10-14;1-4-10(2,3)9(12)14-7-5-8(11)13-6-7;2*1-2-7-4-3-6(1)5-7;1-4(7)9-6-3-2-5(8)10-6;3*1-5-6(2,3)4;;;;;;/h11-14H2,1-10H3;11-13H,4-9H2,1-3H3;11H,6-10H2,1-5H3;7H,4-6H2,1-3H3;2*6-7H,1-5H2;6H,2-3H2,1H3;3*1-4H3;6*1H4. The van der Waals surface area contributed by atoms with E-state index in [1.165, 1.54) is 82.0 Å². The third-order valence-corrected chi connectivity index (χ3v) is 66.9. The number of fused-ring (bicyclic) bond motifs is 4. The molecule has 17 aliphatic rings. The lowest BCUT2D eigenvalue weighted by molar-refractivity contribution is -0.196. The van der Waals surface area contributed by atoms with Crippen molar-refractivity contribution in [1.82, 2.24) is 0 Å². The van der Waals surface area contributed by atoms with E-state index in [0.717, 1.165) is 37.0 Å². The first-order chi connectivity index (χ1) is 58.1. The van der Waals surface area contributed by atoms with Crippen molar-refractivity contribution >= 4 is 137 Å². The van der Waals surface area contributed by atoms with Crippen LogP contribution >= 0.6 is 0 Å². The van der Waals surface area contributed by atoms with Crippen LogP contribution in [0.2, 0.25) is 111 Å². The quantitative estimate of drug-likeness (QED) is 0.0502. The summed E-state index contributed by atoms with van der Waals surface area (Å²) in [6.07, 6.45) is 30.9. The van der Waals surface area contributed by atoms with Crippen molar-refractivity contribution in [2.75, 3.05) is 34.5 Å². The highest BCUT2D eigenvalue weighted by Gasteiger charge is 2.79. The maximum absolute atomic E-state index is 12.5. The van der Waals surface area contributed by atoms with Gasteiger partial charge < -0.3 is 95.8 Å². The molecule has 0 aromatic heterocycles. The molecule has 0 N–H and O–H groups in total. The van der Waals surface area contributed by atoms with Crippen LogP contribution in [0.4, 0.5) is 0 Å². The fourth-order valence-electron chi connectivity index (χ4n) is 19.0. The van der Waals surface area contributed by atoms with Gasteiger partial charge in [-0.15, -0.1) is 0 Å². The van der Waals surface area contributed by atoms with Crippen LogP contribution in [0.25, 0.3) is 0 Å². The second-order valence-corrected chi connectivity index (χ2v) is 81.8. The van der Waals surface area contributed by atoms with E-state index in [4.69, 9.17) is 86.3 Å². The van der Waals surface area contributed by atoms with Crippen molar-refractivity contribution in [3.05, 3.63) is 0 Å². The molecule has 0 aromatic carbocycles. The number of hydrogen-bond acceptors (Lipinski definition) is 29. The smallest absolute Gasteiger partial charge is 0.465 e. The Bertz CT molecular complexity index is 3350. The summed E-state index contributed by atoms with van der Waals surface area (Å²) >= 11 is 0. The van der Waals surface area contributed by atoms with E-state index in [2.05, 4.69) is 96.1 Å². The first kappa shape index (κ1) is 131. The summed E-state index contributed by atoms with van der Waals surface area (Å²) in [5.41, 5.74) is -1.56. The molecule has 133 heavy (non-hydrogen) atoms. The van der Waals surface area contributed by atoms with Crippen LogP contribution in [-0.2, 0) is 129 Å². The predicted octanol–water partition coefficient (Wildman–Crippen LogP) is 24.1. The maximum atomic E-state index is 12.5. The number of carbonyl (C=O) groups is 7. The Labute approximate surface area is 820 Å². The predicted molar refractivity (Wildman–Crippen MR) is 549 cm³/mol. The van der Waals surface area contributed by atoms with Gasteiger partial charge in [0.25, 0.3) is 0 Å². The minimum atomic E-state index is -3.76. The molecule has 17 rings (SSSR count). The number of ether oxygens (including phenoxy) is 7. The summed E-state index contributed by atoms with van der Waals surface area (Å²) in [5.74, 6) is 6.16. The summed E-state index contributed by atoms with van der Waals surface area (Å²) in [7, 11) is -26.8. The minimum absolute atomic E-state index is 0. The van der Waals surface area contributed by atoms with Crippen molar-refractivity contribution in [3.63, 3.8) is 0 Å². The van der Waals surface area contributed by atoms with E-state index >= 15 is 0 Å². The molecule has 9 saturated carbocycles. The van der Waals surface area contributed by atoms with Gasteiger partial charge in [-0.05, 0) is 264 Å². The Morgan fingerprint density at radius 3 is 1.00 bits per heavy atom. The van der Waals surface area contributed by atoms with Gasteiger partial charge >= 0.3 is 112 Å². The number of hydrogen-bond donors (Lipinski definition) is 0. The van der Waals surface area contributed by atoms with Gasteiger partial charge in [0.15, 0.2) is 25.0 Å². The fraction of sp³-hybridized carbons (Fsp3) is 0.925. The SMILES string of the molecule is C.C.C.C.C.C.C1CC2CCC1C2.C1CC2CCC1C2.CC(=O)OC(C)(C)C12CC3CC(CC(C3)C1)C2.CC(=O)OC1CCC(=O)O1.CCC(C)(C)C(=O)OC1(C(C)C)CCCC1.CCC(C)(C)C(=O)OC1COC(=O)C1.CCC(C)(C)C(=O)OCCC[Si]12O[Si]3(C)O[Si]4(C)O[Si]5(C)O[Si](C)(O3)O[Si](C)(O[Si](C)(O5)O[Si](C)(O4)O1)O2.CO[Si](C)(C)C.CO[Si](C)(C)C.CO[Si](C)(C)C. The molecule has 40 heteroatoms. The van der Waals surface area contributed by atoms with Crippen molar-refractivity contribution < 1.29 is 129 Å². The van der Waals surface area contributed by atoms with Gasteiger partial charge in [0.05, 0.1) is 35.7 Å². The Morgan fingerprint density at radius 1 is 0.436 bits per heavy atom. The van der Waals surface area contributed by atoms with Gasteiger partial charge in [0, 0.05) is 98.9 Å². The number of carbonyl (C=O) groups excluding carboxylic acids is 7. The van der Waals surface area contributed by atoms with E-state index in [1.807, 2.05) is 62.3 Å². The zero-order valence-electron chi connectivity index (χ0n) is 84.8. The molecular weight excluding hydrogens is 1890 g/mol. The average Bonchev–Trinajstić information content (AvgIpc) is 0.825. The van der Waals surface area contributed by atoms with Crippen LogP contribution < -0.4 is 0 Å². The van der Waals surface area contributed by atoms with Crippen LogP contribution in [0.5, 0.6) is 0 Å². The number of cyclic esters (lactones) is 2. The fourth-order valence-corrected chi connectivity index (χ4v) is 64.8. The highest BCUT2D eigenvalue weighted by molar-refractivity contribution is 7.02. The van der Waals surface area contributed by atoms with Crippen LogP contribution in [0.3, 0.4) is 0 Å². The third-order valence-electron chi connectivity index (χ3n) is 27.4. The number of rotatable bonds is 19. The lowest BCUT2D eigenvalue weighted by Gasteiger charge is -2.61. The summed E-state index contributed by atoms with van der Waals surface area (Å²) in [6, 6.07) is 0.261. The third kappa shape index (κ3) is 40.7. The van der Waals surface area contributed by atoms with Gasteiger partial charge in [0.2, 0.25) is 6.29 Å². The molecule has 17 fully saturated rings. The monoisotopic (exact) mass is 2090 g/mol. The highest BCUT2D eigenvalue weighted by Crippen LogP contribution is 2.64. The molecule has 8 aliphatic heterocycles. The largest absolute Gasteiger partial charge is 0.478 e. The molecule has 8 saturated heterocycles. The lowest BCUT2D eigenvalue weighted by atomic mass is 9.46. The van der Waals surface area contributed by atoms with Crippen LogP contribution in [0.15, 0.2) is 0 Å².